The Morgan fingerprint density at radius 3 is 2.45 bits per heavy atom. The second kappa shape index (κ2) is 6.50. The first-order valence-corrected chi connectivity index (χ1v) is 6.94. The Hall–Kier alpha value is -1.20. The van der Waals surface area contributed by atoms with Crippen molar-refractivity contribution in [2.45, 2.75) is 38.8 Å². The third-order valence-corrected chi connectivity index (χ3v) is 3.99. The highest BCUT2D eigenvalue weighted by atomic mass is 19.3. The zero-order valence-electron chi connectivity index (χ0n) is 11.6. The Labute approximate surface area is 117 Å². The van der Waals surface area contributed by atoms with Crippen LogP contribution in [0.2, 0.25) is 0 Å². The van der Waals surface area contributed by atoms with Crippen LogP contribution in [0.15, 0.2) is 24.3 Å². The van der Waals surface area contributed by atoms with Crippen LogP contribution < -0.4 is 10.1 Å². The van der Waals surface area contributed by atoms with Crippen LogP contribution in [0.5, 0.6) is 5.75 Å². The predicted molar refractivity (Wildman–Crippen MR) is 72.9 cm³/mol. The van der Waals surface area contributed by atoms with Gasteiger partial charge in [0, 0.05) is 19.2 Å². The van der Waals surface area contributed by atoms with Gasteiger partial charge in [-0.3, -0.25) is 0 Å². The lowest BCUT2D eigenvalue weighted by molar-refractivity contribution is -0.0498. The average Bonchev–Trinajstić information content (AvgIpc) is 3.17. The molecule has 1 aromatic carbocycles. The van der Waals surface area contributed by atoms with Crippen molar-refractivity contribution >= 4 is 0 Å². The highest BCUT2D eigenvalue weighted by Crippen LogP contribution is 2.48. The fourth-order valence-electron chi connectivity index (χ4n) is 2.35. The summed E-state index contributed by atoms with van der Waals surface area (Å²) >= 11 is 0. The van der Waals surface area contributed by atoms with E-state index in [-0.39, 0.29) is 23.8 Å². The molecule has 0 aromatic heterocycles. The molecule has 5 heteroatoms. The molecule has 0 saturated heterocycles. The number of aliphatic hydroxyl groups excluding tert-OH is 1. The van der Waals surface area contributed by atoms with Gasteiger partial charge in [-0.25, -0.2) is 0 Å². The molecule has 1 aliphatic carbocycles. The lowest BCUT2D eigenvalue weighted by Crippen LogP contribution is -2.27. The van der Waals surface area contributed by atoms with Gasteiger partial charge in [-0.15, -0.1) is 0 Å². The number of ether oxygens (including phenoxy) is 1. The standard InChI is InChI=1S/C15H21F2NO2/c1-11(18-10-15(6-7-15)8-9-19)12-2-4-13(5-3-12)20-14(16)17/h2-5,11,14,18-19H,6-10H2,1H3. The molecule has 1 saturated carbocycles. The molecule has 0 heterocycles. The van der Waals surface area contributed by atoms with E-state index in [2.05, 4.69) is 10.1 Å². The van der Waals surface area contributed by atoms with E-state index in [1.807, 2.05) is 6.92 Å². The van der Waals surface area contributed by atoms with E-state index in [0.29, 0.717) is 0 Å². The number of rotatable bonds is 8. The van der Waals surface area contributed by atoms with Crippen LogP contribution in [0.4, 0.5) is 8.78 Å². The first-order chi connectivity index (χ1) is 9.54. The Balaban J connectivity index is 1.84. The van der Waals surface area contributed by atoms with Gasteiger partial charge in [0.2, 0.25) is 0 Å². The third kappa shape index (κ3) is 4.15. The van der Waals surface area contributed by atoms with Crippen molar-refractivity contribution in [3.63, 3.8) is 0 Å². The van der Waals surface area contributed by atoms with Gasteiger partial charge < -0.3 is 15.2 Å². The summed E-state index contributed by atoms with van der Waals surface area (Å²) in [5.74, 6) is 0.176. The van der Waals surface area contributed by atoms with Crippen molar-refractivity contribution in [1.29, 1.82) is 0 Å². The fraction of sp³-hybridized carbons (Fsp3) is 0.600. The summed E-state index contributed by atoms with van der Waals surface area (Å²) in [6, 6.07) is 6.84. The summed E-state index contributed by atoms with van der Waals surface area (Å²) < 4.78 is 28.4. The van der Waals surface area contributed by atoms with Crippen molar-refractivity contribution < 1.29 is 18.6 Å². The third-order valence-electron chi connectivity index (χ3n) is 3.99. The average molecular weight is 285 g/mol. The van der Waals surface area contributed by atoms with Gasteiger partial charge in [0.15, 0.2) is 0 Å². The van der Waals surface area contributed by atoms with Gasteiger partial charge in [0.05, 0.1) is 0 Å². The van der Waals surface area contributed by atoms with Gasteiger partial charge in [-0.2, -0.15) is 8.78 Å². The van der Waals surface area contributed by atoms with Crippen LogP contribution in [0.1, 0.15) is 37.8 Å². The maximum atomic E-state index is 12.1. The summed E-state index contributed by atoms with van der Waals surface area (Å²) in [6.07, 6.45) is 3.16. The van der Waals surface area contributed by atoms with Crippen LogP contribution >= 0.6 is 0 Å². The van der Waals surface area contributed by atoms with E-state index in [4.69, 9.17) is 5.11 Å². The Morgan fingerprint density at radius 2 is 1.95 bits per heavy atom. The molecule has 1 aliphatic rings. The molecular formula is C15H21F2NO2. The van der Waals surface area contributed by atoms with Crippen molar-refractivity contribution in [2.24, 2.45) is 5.41 Å². The first-order valence-electron chi connectivity index (χ1n) is 6.94. The van der Waals surface area contributed by atoms with Crippen LogP contribution in [0, 0.1) is 5.41 Å². The molecule has 1 aromatic rings. The first kappa shape index (κ1) is 15.2. The molecule has 2 N–H and O–H groups in total. The Morgan fingerprint density at radius 1 is 1.30 bits per heavy atom. The second-order valence-corrected chi connectivity index (χ2v) is 5.52. The van der Waals surface area contributed by atoms with Gasteiger partial charge in [-0.1, -0.05) is 12.1 Å². The quantitative estimate of drug-likeness (QED) is 0.771. The molecule has 112 valence electrons. The predicted octanol–water partition coefficient (Wildman–Crippen LogP) is 3.10. The van der Waals surface area contributed by atoms with Crippen molar-refractivity contribution in [3.8, 4) is 5.75 Å². The van der Waals surface area contributed by atoms with Gasteiger partial charge in [0.25, 0.3) is 0 Å². The summed E-state index contributed by atoms with van der Waals surface area (Å²) in [6.45, 7) is 0.363. The van der Waals surface area contributed by atoms with E-state index in [1.54, 1.807) is 24.3 Å². The summed E-state index contributed by atoms with van der Waals surface area (Å²) in [7, 11) is 0. The SMILES string of the molecule is CC(NCC1(CCO)CC1)c1ccc(OC(F)F)cc1. The van der Waals surface area contributed by atoms with E-state index in [9.17, 15) is 8.78 Å². The minimum absolute atomic E-state index is 0.145. The highest BCUT2D eigenvalue weighted by molar-refractivity contribution is 5.29. The molecule has 0 spiro atoms. The fourth-order valence-corrected chi connectivity index (χ4v) is 2.35. The monoisotopic (exact) mass is 285 g/mol. The van der Waals surface area contributed by atoms with E-state index in [0.717, 1.165) is 31.4 Å². The number of aliphatic hydroxyl groups is 1. The minimum atomic E-state index is -2.79. The normalized spacial score (nSPS) is 18.1. The maximum absolute atomic E-state index is 12.1. The largest absolute Gasteiger partial charge is 0.435 e. The topological polar surface area (TPSA) is 41.5 Å². The summed E-state index contributed by atoms with van der Waals surface area (Å²) in [5, 5.41) is 12.5. The second-order valence-electron chi connectivity index (χ2n) is 5.52. The number of alkyl halides is 2. The van der Waals surface area contributed by atoms with Crippen LogP contribution in [-0.4, -0.2) is 24.9 Å². The molecular weight excluding hydrogens is 264 g/mol. The number of halogens is 2. The minimum Gasteiger partial charge on any atom is -0.435 e. The van der Waals surface area contributed by atoms with Gasteiger partial charge >= 0.3 is 6.61 Å². The molecule has 0 bridgehead atoms. The van der Waals surface area contributed by atoms with Crippen molar-refractivity contribution in [2.75, 3.05) is 13.2 Å². The smallest absolute Gasteiger partial charge is 0.387 e. The van der Waals surface area contributed by atoms with Crippen LogP contribution in [0.3, 0.4) is 0 Å². The summed E-state index contributed by atoms with van der Waals surface area (Å²) in [5.41, 5.74) is 1.30. The van der Waals surface area contributed by atoms with Crippen LogP contribution in [0.25, 0.3) is 0 Å². The maximum Gasteiger partial charge on any atom is 0.387 e. The van der Waals surface area contributed by atoms with E-state index >= 15 is 0 Å². The number of benzene rings is 1. The Bertz CT molecular complexity index is 418. The molecule has 1 fully saturated rings. The molecule has 20 heavy (non-hydrogen) atoms. The molecule has 2 rings (SSSR count). The highest BCUT2D eigenvalue weighted by Gasteiger charge is 2.41. The Kier molecular flexibility index (Phi) is 4.94. The van der Waals surface area contributed by atoms with Crippen molar-refractivity contribution in [3.05, 3.63) is 29.8 Å². The summed E-state index contributed by atoms with van der Waals surface area (Å²) in [4.78, 5) is 0. The number of hydrogen-bond acceptors (Lipinski definition) is 3. The van der Waals surface area contributed by atoms with E-state index < -0.39 is 6.61 Å². The van der Waals surface area contributed by atoms with Crippen molar-refractivity contribution in [1.82, 2.24) is 5.32 Å². The number of nitrogens with one attached hydrogen (secondary N) is 1. The molecule has 3 nitrogen and oxygen atoms in total. The lowest BCUT2D eigenvalue weighted by Gasteiger charge is -2.20. The van der Waals surface area contributed by atoms with E-state index in [1.165, 1.54) is 0 Å². The zero-order valence-corrected chi connectivity index (χ0v) is 11.6. The van der Waals surface area contributed by atoms with Gasteiger partial charge in [-0.05, 0) is 49.3 Å². The van der Waals surface area contributed by atoms with Crippen LogP contribution in [-0.2, 0) is 0 Å². The molecule has 0 aliphatic heterocycles. The molecule has 1 unspecified atom stereocenters. The molecule has 0 radical (unpaired) electrons. The molecule has 0 amide bonds. The number of hydrogen-bond donors (Lipinski definition) is 2. The molecule has 1 atom stereocenters. The zero-order chi connectivity index (χ0) is 14.6. The van der Waals surface area contributed by atoms with Gasteiger partial charge in [0.1, 0.15) is 5.75 Å². The lowest BCUT2D eigenvalue weighted by atomic mass is 10.0.